The van der Waals surface area contributed by atoms with Gasteiger partial charge in [0, 0.05) is 11.3 Å². The normalized spacial score (nSPS) is 11.2. The lowest BCUT2D eigenvalue weighted by atomic mass is 10.1. The van der Waals surface area contributed by atoms with E-state index < -0.39 is 30.0 Å². The number of rotatable bonds is 8. The molecule has 10 heteroatoms. The summed E-state index contributed by atoms with van der Waals surface area (Å²) in [6.45, 7) is 3.61. The Bertz CT molecular complexity index is 1000. The zero-order valence-electron chi connectivity index (χ0n) is 16.5. The number of hydrogen-bond donors (Lipinski definition) is 3. The maximum absolute atomic E-state index is 12.7. The number of alkyl halides is 3. The van der Waals surface area contributed by atoms with Crippen LogP contribution < -0.4 is 15.5 Å². The van der Waals surface area contributed by atoms with E-state index in [9.17, 15) is 27.9 Å². The molecule has 0 aliphatic carbocycles. The van der Waals surface area contributed by atoms with Gasteiger partial charge in [-0.2, -0.15) is 18.3 Å². The molecule has 0 heterocycles. The molecule has 0 atom stereocenters. The molecule has 2 aromatic carbocycles. The second-order valence-electron chi connectivity index (χ2n) is 6.32. The summed E-state index contributed by atoms with van der Waals surface area (Å²) in [6, 6.07) is 7.19. The van der Waals surface area contributed by atoms with E-state index >= 15 is 0 Å². The predicted octanol–water partition coefficient (Wildman–Crippen LogP) is 3.63. The SMILES string of the molecule is C=CCc1cc(C=NNC(=O)CC(=O)Nc2cccc(C(F)(F)F)c2)cc(OC)c1O. The number of allylic oxidation sites excluding steroid dienone is 1. The molecule has 0 bridgehead atoms. The van der Waals surface area contributed by atoms with Crippen LogP contribution in [0, 0.1) is 0 Å². The van der Waals surface area contributed by atoms with Crippen molar-refractivity contribution in [3.63, 3.8) is 0 Å². The van der Waals surface area contributed by atoms with Gasteiger partial charge in [-0.05, 0) is 42.3 Å². The fourth-order valence-electron chi connectivity index (χ4n) is 2.57. The first-order valence-corrected chi connectivity index (χ1v) is 8.93. The summed E-state index contributed by atoms with van der Waals surface area (Å²) in [5.74, 6) is -1.38. The number of methoxy groups -OCH3 is 1. The Morgan fingerprint density at radius 1 is 1.23 bits per heavy atom. The number of amides is 2. The van der Waals surface area contributed by atoms with Gasteiger partial charge in [-0.15, -0.1) is 6.58 Å². The second kappa shape index (κ2) is 10.3. The van der Waals surface area contributed by atoms with E-state index in [-0.39, 0.29) is 17.2 Å². The van der Waals surface area contributed by atoms with Crippen LogP contribution in [0.4, 0.5) is 18.9 Å². The van der Waals surface area contributed by atoms with Crippen molar-refractivity contribution in [3.8, 4) is 11.5 Å². The van der Waals surface area contributed by atoms with Crippen LogP contribution in [0.3, 0.4) is 0 Å². The van der Waals surface area contributed by atoms with Gasteiger partial charge < -0.3 is 15.2 Å². The molecular weight excluding hydrogens is 415 g/mol. The third-order valence-electron chi connectivity index (χ3n) is 3.96. The van der Waals surface area contributed by atoms with Crippen molar-refractivity contribution < 1.29 is 32.6 Å². The molecule has 2 amide bonds. The van der Waals surface area contributed by atoms with Crippen LogP contribution in [0.25, 0.3) is 0 Å². The van der Waals surface area contributed by atoms with Crippen molar-refractivity contribution in [1.29, 1.82) is 0 Å². The summed E-state index contributed by atoms with van der Waals surface area (Å²) >= 11 is 0. The van der Waals surface area contributed by atoms with Gasteiger partial charge in [-0.25, -0.2) is 5.43 Å². The lowest BCUT2D eigenvalue weighted by Crippen LogP contribution is -2.24. The fraction of sp³-hybridized carbons (Fsp3) is 0.190. The maximum atomic E-state index is 12.7. The summed E-state index contributed by atoms with van der Waals surface area (Å²) in [7, 11) is 1.39. The van der Waals surface area contributed by atoms with Gasteiger partial charge in [-0.1, -0.05) is 12.1 Å². The molecule has 0 spiro atoms. The molecular formula is C21H20F3N3O4. The van der Waals surface area contributed by atoms with Gasteiger partial charge >= 0.3 is 6.18 Å². The van der Waals surface area contributed by atoms with Crippen LogP contribution >= 0.6 is 0 Å². The minimum atomic E-state index is -4.55. The molecule has 0 aromatic heterocycles. The smallest absolute Gasteiger partial charge is 0.416 e. The van der Waals surface area contributed by atoms with Crippen LogP contribution in [0.1, 0.15) is 23.1 Å². The Balaban J connectivity index is 1.96. The van der Waals surface area contributed by atoms with Gasteiger partial charge in [-0.3, -0.25) is 9.59 Å². The molecule has 2 aromatic rings. The van der Waals surface area contributed by atoms with Crippen LogP contribution in [0.15, 0.2) is 54.2 Å². The van der Waals surface area contributed by atoms with E-state index in [0.717, 1.165) is 18.2 Å². The summed E-state index contributed by atoms with van der Waals surface area (Å²) in [6.07, 6.45) is -1.92. The van der Waals surface area contributed by atoms with E-state index in [1.807, 2.05) is 0 Å². The molecule has 31 heavy (non-hydrogen) atoms. The van der Waals surface area contributed by atoms with Crippen molar-refractivity contribution in [3.05, 3.63) is 65.7 Å². The molecule has 0 fully saturated rings. The molecule has 7 nitrogen and oxygen atoms in total. The Kier molecular flexibility index (Phi) is 7.78. The Morgan fingerprint density at radius 2 is 1.97 bits per heavy atom. The quantitative estimate of drug-likeness (QED) is 0.255. The van der Waals surface area contributed by atoms with Crippen molar-refractivity contribution in [2.45, 2.75) is 19.0 Å². The van der Waals surface area contributed by atoms with Crippen LogP contribution in [0.2, 0.25) is 0 Å². The largest absolute Gasteiger partial charge is 0.504 e. The van der Waals surface area contributed by atoms with Gasteiger partial charge in [0.05, 0.1) is 18.9 Å². The number of carbonyl (C=O) groups is 2. The first kappa shape index (κ1) is 23.5. The highest BCUT2D eigenvalue weighted by atomic mass is 19.4. The fourth-order valence-corrected chi connectivity index (χ4v) is 2.57. The molecule has 0 aliphatic rings. The van der Waals surface area contributed by atoms with E-state index in [1.54, 1.807) is 12.1 Å². The number of hydrogen-bond acceptors (Lipinski definition) is 5. The van der Waals surface area contributed by atoms with Crippen LogP contribution in [-0.4, -0.2) is 30.2 Å². The highest BCUT2D eigenvalue weighted by Gasteiger charge is 2.30. The third-order valence-corrected chi connectivity index (χ3v) is 3.96. The number of benzene rings is 2. The highest BCUT2D eigenvalue weighted by Crippen LogP contribution is 2.32. The zero-order valence-corrected chi connectivity index (χ0v) is 16.5. The topological polar surface area (TPSA) is 100 Å². The first-order valence-electron chi connectivity index (χ1n) is 8.93. The van der Waals surface area contributed by atoms with Crippen LogP contribution in [0.5, 0.6) is 11.5 Å². The molecule has 3 N–H and O–H groups in total. The van der Waals surface area contributed by atoms with E-state index in [4.69, 9.17) is 4.74 Å². The number of nitrogens with one attached hydrogen (secondary N) is 2. The number of nitrogens with zero attached hydrogens (tertiary/aromatic N) is 1. The molecule has 164 valence electrons. The molecule has 2 rings (SSSR count). The average Bonchev–Trinajstić information content (AvgIpc) is 2.69. The number of carbonyl (C=O) groups excluding carboxylic acids is 2. The Hall–Kier alpha value is -3.82. The number of anilines is 1. The molecule has 0 aliphatic heterocycles. The number of hydrazone groups is 1. The van der Waals surface area contributed by atoms with Crippen molar-refractivity contribution in [2.24, 2.45) is 5.10 Å². The first-order chi connectivity index (χ1) is 14.6. The standard InChI is InChI=1S/C21H20F3N3O4/c1-3-5-14-8-13(9-17(31-2)20(14)30)12-25-27-19(29)11-18(28)26-16-7-4-6-15(10-16)21(22,23)24/h3-4,6-10,12,30H,1,5,11H2,2H3,(H,26,28)(H,27,29). The summed E-state index contributed by atoms with van der Waals surface area (Å²) in [5.41, 5.74) is 2.21. The lowest BCUT2D eigenvalue weighted by molar-refractivity contribution is -0.137. The molecule has 0 saturated heterocycles. The van der Waals surface area contributed by atoms with Crippen LogP contribution in [-0.2, 0) is 22.2 Å². The van der Waals surface area contributed by atoms with Gasteiger partial charge in [0.2, 0.25) is 11.8 Å². The Labute approximate surface area is 176 Å². The monoisotopic (exact) mass is 435 g/mol. The second-order valence-corrected chi connectivity index (χ2v) is 6.32. The number of ether oxygens (including phenoxy) is 1. The Morgan fingerprint density at radius 3 is 2.61 bits per heavy atom. The number of halogens is 3. The van der Waals surface area contributed by atoms with Crippen molar-refractivity contribution in [1.82, 2.24) is 5.43 Å². The lowest BCUT2D eigenvalue weighted by Gasteiger charge is -2.10. The van der Waals surface area contributed by atoms with Gasteiger partial charge in [0.15, 0.2) is 11.5 Å². The number of phenolic OH excluding ortho intramolecular Hbond substituents is 1. The summed E-state index contributed by atoms with van der Waals surface area (Å²) < 4.78 is 43.2. The number of aromatic hydroxyl groups is 1. The van der Waals surface area contributed by atoms with E-state index in [2.05, 4.69) is 22.4 Å². The average molecular weight is 435 g/mol. The third kappa shape index (κ3) is 6.88. The van der Waals surface area contributed by atoms with Crippen molar-refractivity contribution in [2.75, 3.05) is 12.4 Å². The van der Waals surface area contributed by atoms with Gasteiger partial charge in [0.1, 0.15) is 6.42 Å². The maximum Gasteiger partial charge on any atom is 0.416 e. The molecule has 0 radical (unpaired) electrons. The zero-order chi connectivity index (χ0) is 23.0. The van der Waals surface area contributed by atoms with Gasteiger partial charge in [0.25, 0.3) is 0 Å². The molecule has 0 saturated carbocycles. The summed E-state index contributed by atoms with van der Waals surface area (Å²) in [5, 5.41) is 16.0. The minimum Gasteiger partial charge on any atom is -0.504 e. The van der Waals surface area contributed by atoms with Crippen molar-refractivity contribution >= 4 is 23.7 Å². The highest BCUT2D eigenvalue weighted by molar-refractivity contribution is 6.03. The van der Waals surface area contributed by atoms with E-state index in [1.165, 1.54) is 25.5 Å². The predicted molar refractivity (Wildman–Crippen MR) is 109 cm³/mol. The number of phenols is 1. The minimum absolute atomic E-state index is 0.0325. The van der Waals surface area contributed by atoms with E-state index in [0.29, 0.717) is 17.5 Å². The summed E-state index contributed by atoms with van der Waals surface area (Å²) in [4.78, 5) is 23.8. The molecule has 0 unspecified atom stereocenters.